The number of hydrogen-bond acceptors (Lipinski definition) is 3. The minimum Gasteiger partial charge on any atom is -0.342 e. The number of aromatic amines is 1. The van der Waals surface area contributed by atoms with E-state index in [1.54, 1.807) is 18.6 Å². The Balaban J connectivity index is 1.60. The van der Waals surface area contributed by atoms with Crippen LogP contribution in [0.5, 0.6) is 0 Å². The predicted molar refractivity (Wildman–Crippen MR) is 70.5 cm³/mol. The first kappa shape index (κ1) is 11.9. The summed E-state index contributed by atoms with van der Waals surface area (Å²) in [6.07, 6.45) is 6.67. The van der Waals surface area contributed by atoms with Crippen molar-refractivity contribution < 1.29 is 4.79 Å². The minimum absolute atomic E-state index is 0.176. The average Bonchev–Trinajstić information content (AvgIpc) is 3.11. The Bertz CT molecular complexity index is 538. The first-order valence-electron chi connectivity index (χ1n) is 6.49. The number of nitrogens with one attached hydrogen (secondary N) is 1. The topological polar surface area (TPSA) is 61.9 Å². The smallest absolute Gasteiger partial charge is 0.227 e. The zero-order valence-corrected chi connectivity index (χ0v) is 10.6. The number of carbonyl (C=O) groups excluding carboxylic acids is 1. The molecule has 5 nitrogen and oxygen atoms in total. The lowest BCUT2D eigenvalue weighted by Crippen LogP contribution is -2.29. The summed E-state index contributed by atoms with van der Waals surface area (Å²) in [5.74, 6) is 0.565. The molecular formula is C14H16N4O. The van der Waals surface area contributed by atoms with Crippen molar-refractivity contribution in [1.29, 1.82) is 0 Å². The first-order chi connectivity index (χ1) is 9.33. The monoisotopic (exact) mass is 256 g/mol. The summed E-state index contributed by atoms with van der Waals surface area (Å²) in [6, 6.07) is 5.78. The lowest BCUT2D eigenvalue weighted by molar-refractivity contribution is -0.129. The summed E-state index contributed by atoms with van der Waals surface area (Å²) in [4.78, 5) is 18.2. The van der Waals surface area contributed by atoms with E-state index < -0.39 is 0 Å². The molecule has 0 spiro atoms. The van der Waals surface area contributed by atoms with E-state index in [9.17, 15) is 4.79 Å². The van der Waals surface area contributed by atoms with Gasteiger partial charge in [0.05, 0.1) is 6.42 Å². The van der Waals surface area contributed by atoms with Crippen LogP contribution in [-0.2, 0) is 11.2 Å². The van der Waals surface area contributed by atoms with E-state index >= 15 is 0 Å². The fourth-order valence-corrected chi connectivity index (χ4v) is 2.52. The van der Waals surface area contributed by atoms with E-state index in [4.69, 9.17) is 0 Å². The van der Waals surface area contributed by atoms with Gasteiger partial charge in [-0.2, -0.15) is 5.10 Å². The van der Waals surface area contributed by atoms with E-state index in [1.807, 2.05) is 23.1 Å². The molecule has 2 aromatic heterocycles. The van der Waals surface area contributed by atoms with Gasteiger partial charge >= 0.3 is 0 Å². The molecule has 19 heavy (non-hydrogen) atoms. The van der Waals surface area contributed by atoms with Gasteiger partial charge in [0.1, 0.15) is 0 Å². The van der Waals surface area contributed by atoms with Crippen molar-refractivity contribution in [2.75, 3.05) is 13.1 Å². The van der Waals surface area contributed by atoms with Gasteiger partial charge in [-0.3, -0.25) is 14.9 Å². The maximum absolute atomic E-state index is 12.2. The van der Waals surface area contributed by atoms with Crippen molar-refractivity contribution in [3.05, 3.63) is 48.0 Å². The minimum atomic E-state index is 0.176. The third-order valence-electron chi connectivity index (χ3n) is 3.58. The summed E-state index contributed by atoms with van der Waals surface area (Å²) in [5.41, 5.74) is 2.09. The standard InChI is InChI=1S/C14H16N4O/c19-14(8-11-2-1-5-15-9-11)18-7-4-12(10-18)13-3-6-16-17-13/h1-3,5-6,9,12H,4,7-8,10H2,(H,16,17)/t12-/m0/s1. The van der Waals surface area contributed by atoms with Crippen molar-refractivity contribution in [2.24, 2.45) is 0 Å². The third kappa shape index (κ3) is 2.65. The number of H-pyrrole nitrogens is 1. The quantitative estimate of drug-likeness (QED) is 0.902. The Morgan fingerprint density at radius 2 is 2.37 bits per heavy atom. The van der Waals surface area contributed by atoms with Gasteiger partial charge in [-0.15, -0.1) is 0 Å². The van der Waals surface area contributed by atoms with E-state index in [2.05, 4.69) is 15.2 Å². The molecule has 1 saturated heterocycles. The molecular weight excluding hydrogens is 240 g/mol. The van der Waals surface area contributed by atoms with Crippen LogP contribution >= 0.6 is 0 Å². The van der Waals surface area contributed by atoms with Gasteiger partial charge in [0, 0.05) is 43.3 Å². The number of rotatable bonds is 3. The molecule has 1 fully saturated rings. The van der Waals surface area contributed by atoms with Crippen molar-refractivity contribution in [1.82, 2.24) is 20.1 Å². The molecule has 2 aromatic rings. The maximum Gasteiger partial charge on any atom is 0.227 e. The fraction of sp³-hybridized carbons (Fsp3) is 0.357. The lowest BCUT2D eigenvalue weighted by Gasteiger charge is -2.16. The van der Waals surface area contributed by atoms with Gasteiger partial charge < -0.3 is 4.90 Å². The number of nitrogens with zero attached hydrogens (tertiary/aromatic N) is 3. The van der Waals surface area contributed by atoms with Crippen molar-refractivity contribution in [2.45, 2.75) is 18.8 Å². The fourth-order valence-electron chi connectivity index (χ4n) is 2.52. The average molecular weight is 256 g/mol. The van der Waals surface area contributed by atoms with Crippen LogP contribution < -0.4 is 0 Å². The summed E-state index contributed by atoms with van der Waals surface area (Å²) in [5, 5.41) is 6.96. The molecule has 98 valence electrons. The van der Waals surface area contributed by atoms with Gasteiger partial charge in [-0.25, -0.2) is 0 Å². The maximum atomic E-state index is 12.2. The highest BCUT2D eigenvalue weighted by Gasteiger charge is 2.27. The number of aromatic nitrogens is 3. The van der Waals surface area contributed by atoms with E-state index in [-0.39, 0.29) is 5.91 Å². The first-order valence-corrected chi connectivity index (χ1v) is 6.49. The zero-order valence-electron chi connectivity index (χ0n) is 10.6. The highest BCUT2D eigenvalue weighted by molar-refractivity contribution is 5.79. The summed E-state index contributed by atoms with van der Waals surface area (Å²) >= 11 is 0. The molecule has 0 aromatic carbocycles. The van der Waals surface area contributed by atoms with Crippen LogP contribution in [0.1, 0.15) is 23.6 Å². The normalized spacial score (nSPS) is 18.7. The van der Waals surface area contributed by atoms with Crippen LogP contribution in [0, 0.1) is 0 Å². The Morgan fingerprint density at radius 1 is 1.42 bits per heavy atom. The van der Waals surface area contributed by atoms with Crippen LogP contribution in [0.15, 0.2) is 36.8 Å². The number of likely N-dealkylation sites (tertiary alicyclic amines) is 1. The second kappa shape index (κ2) is 5.22. The van der Waals surface area contributed by atoms with Crippen molar-refractivity contribution in [3.8, 4) is 0 Å². The summed E-state index contributed by atoms with van der Waals surface area (Å²) < 4.78 is 0. The molecule has 3 heterocycles. The van der Waals surface area contributed by atoms with Crippen molar-refractivity contribution in [3.63, 3.8) is 0 Å². The van der Waals surface area contributed by atoms with Gasteiger partial charge in [-0.1, -0.05) is 6.07 Å². The molecule has 1 N–H and O–H groups in total. The Kier molecular flexibility index (Phi) is 3.27. The molecule has 3 rings (SSSR count). The second-order valence-corrected chi connectivity index (χ2v) is 4.88. The molecule has 1 amide bonds. The van der Waals surface area contributed by atoms with Gasteiger partial charge in [0.15, 0.2) is 0 Å². The van der Waals surface area contributed by atoms with E-state index in [0.717, 1.165) is 30.8 Å². The largest absolute Gasteiger partial charge is 0.342 e. The van der Waals surface area contributed by atoms with Gasteiger partial charge in [0.25, 0.3) is 0 Å². The number of pyridine rings is 1. The highest BCUT2D eigenvalue weighted by atomic mass is 16.2. The SMILES string of the molecule is O=C(Cc1cccnc1)N1CC[C@H](c2ccn[nH]2)C1. The Labute approximate surface area is 111 Å². The van der Waals surface area contributed by atoms with Crippen LogP contribution in [-0.4, -0.2) is 39.1 Å². The molecule has 0 radical (unpaired) electrons. The molecule has 1 atom stereocenters. The van der Waals surface area contributed by atoms with Gasteiger partial charge in [-0.05, 0) is 24.1 Å². The molecule has 0 bridgehead atoms. The van der Waals surface area contributed by atoms with Crippen LogP contribution in [0.4, 0.5) is 0 Å². The van der Waals surface area contributed by atoms with Crippen molar-refractivity contribution >= 4 is 5.91 Å². The lowest BCUT2D eigenvalue weighted by atomic mass is 10.1. The molecule has 0 unspecified atom stereocenters. The predicted octanol–water partition coefficient (Wildman–Crippen LogP) is 1.36. The second-order valence-electron chi connectivity index (χ2n) is 4.88. The van der Waals surface area contributed by atoms with Crippen LogP contribution in [0.25, 0.3) is 0 Å². The zero-order chi connectivity index (χ0) is 13.1. The number of carbonyl (C=O) groups is 1. The molecule has 1 aliphatic heterocycles. The van der Waals surface area contributed by atoms with E-state index in [1.165, 1.54) is 0 Å². The Morgan fingerprint density at radius 3 is 3.11 bits per heavy atom. The summed E-state index contributed by atoms with van der Waals surface area (Å²) in [6.45, 7) is 1.60. The number of amides is 1. The highest BCUT2D eigenvalue weighted by Crippen LogP contribution is 2.25. The van der Waals surface area contributed by atoms with E-state index in [0.29, 0.717) is 12.3 Å². The Hall–Kier alpha value is -2.17. The third-order valence-corrected chi connectivity index (χ3v) is 3.58. The summed E-state index contributed by atoms with van der Waals surface area (Å²) in [7, 11) is 0. The molecule has 5 heteroatoms. The molecule has 1 aliphatic rings. The van der Waals surface area contributed by atoms with Crippen LogP contribution in [0.3, 0.4) is 0 Å². The number of hydrogen-bond donors (Lipinski definition) is 1. The van der Waals surface area contributed by atoms with Gasteiger partial charge in [0.2, 0.25) is 5.91 Å². The molecule has 0 saturated carbocycles. The van der Waals surface area contributed by atoms with Crippen LogP contribution in [0.2, 0.25) is 0 Å². The molecule has 0 aliphatic carbocycles.